The van der Waals surface area contributed by atoms with Crippen LogP contribution in [-0.4, -0.2) is 5.78 Å². The van der Waals surface area contributed by atoms with Gasteiger partial charge in [0.05, 0.1) is 0 Å². The molecule has 0 radical (unpaired) electrons. The summed E-state index contributed by atoms with van der Waals surface area (Å²) in [6.07, 6.45) is 4.43. The normalized spacial score (nSPS) is 12.4. The summed E-state index contributed by atoms with van der Waals surface area (Å²) in [6, 6.07) is 3.70. The van der Waals surface area contributed by atoms with Crippen LogP contribution in [0.3, 0.4) is 0 Å². The first-order valence-corrected chi connectivity index (χ1v) is 7.03. The van der Waals surface area contributed by atoms with E-state index in [0.29, 0.717) is 12.3 Å². The van der Waals surface area contributed by atoms with E-state index in [2.05, 4.69) is 13.8 Å². The lowest BCUT2D eigenvalue weighted by atomic mass is 9.91. The minimum absolute atomic E-state index is 0.0769. The van der Waals surface area contributed by atoms with Gasteiger partial charge in [0.15, 0.2) is 0 Å². The van der Waals surface area contributed by atoms with E-state index < -0.39 is 11.6 Å². The molecule has 0 fully saturated rings. The number of unbranched alkanes of at least 4 members (excludes halogenated alkanes) is 1. The van der Waals surface area contributed by atoms with Gasteiger partial charge in [0.25, 0.3) is 0 Å². The summed E-state index contributed by atoms with van der Waals surface area (Å²) in [7, 11) is 0. The number of carbonyl (C=O) groups is 1. The molecule has 0 aliphatic heterocycles. The summed E-state index contributed by atoms with van der Waals surface area (Å²) in [5, 5.41) is 0. The fraction of sp³-hybridized carbons (Fsp3) is 0.562. The Balaban J connectivity index is 2.59. The van der Waals surface area contributed by atoms with Gasteiger partial charge < -0.3 is 0 Å². The average molecular weight is 268 g/mol. The van der Waals surface area contributed by atoms with Crippen LogP contribution in [0.4, 0.5) is 8.78 Å². The van der Waals surface area contributed by atoms with E-state index in [4.69, 9.17) is 0 Å². The van der Waals surface area contributed by atoms with Crippen molar-refractivity contribution in [2.45, 2.75) is 52.4 Å². The summed E-state index contributed by atoms with van der Waals surface area (Å²) in [5.41, 5.74) is -0.0992. The van der Waals surface area contributed by atoms with Crippen molar-refractivity contribution in [1.29, 1.82) is 0 Å². The second kappa shape index (κ2) is 8.03. The van der Waals surface area contributed by atoms with Crippen LogP contribution in [0.15, 0.2) is 18.2 Å². The summed E-state index contributed by atoms with van der Waals surface area (Å²) in [5.74, 6) is -1.00. The SMILES string of the molecule is CCCCC(CC)CC(=O)Cc1c(F)cccc1F. The molecule has 0 amide bonds. The molecule has 0 aromatic heterocycles. The van der Waals surface area contributed by atoms with Gasteiger partial charge in [-0.2, -0.15) is 0 Å². The topological polar surface area (TPSA) is 17.1 Å². The van der Waals surface area contributed by atoms with Crippen LogP contribution in [0.2, 0.25) is 0 Å². The number of rotatable bonds is 8. The lowest BCUT2D eigenvalue weighted by molar-refractivity contribution is -0.119. The number of carbonyl (C=O) groups excluding carboxylic acids is 1. The largest absolute Gasteiger partial charge is 0.299 e. The zero-order valence-electron chi connectivity index (χ0n) is 11.7. The molecule has 19 heavy (non-hydrogen) atoms. The summed E-state index contributed by atoms with van der Waals surface area (Å²) in [4.78, 5) is 11.9. The van der Waals surface area contributed by atoms with Crippen LogP contribution in [0, 0.1) is 17.6 Å². The molecule has 1 aromatic carbocycles. The third-order valence-corrected chi connectivity index (χ3v) is 3.50. The van der Waals surface area contributed by atoms with Gasteiger partial charge in [-0.1, -0.05) is 45.6 Å². The Hall–Kier alpha value is -1.25. The second-order valence-electron chi connectivity index (χ2n) is 5.04. The van der Waals surface area contributed by atoms with Crippen LogP contribution in [0.25, 0.3) is 0 Å². The molecule has 0 N–H and O–H groups in total. The monoisotopic (exact) mass is 268 g/mol. The molecule has 0 spiro atoms. The van der Waals surface area contributed by atoms with Gasteiger partial charge in [0.1, 0.15) is 17.4 Å². The smallest absolute Gasteiger partial charge is 0.137 e. The molecule has 0 aliphatic rings. The highest BCUT2D eigenvalue weighted by molar-refractivity contribution is 5.81. The standard InChI is InChI=1S/C16H22F2O/c1-3-5-7-12(4-2)10-13(19)11-14-15(17)8-6-9-16(14)18/h6,8-9,12H,3-5,7,10-11H2,1-2H3. The molecule has 0 heterocycles. The molecular formula is C16H22F2O. The van der Waals surface area contributed by atoms with Crippen molar-refractivity contribution in [2.75, 3.05) is 0 Å². The van der Waals surface area contributed by atoms with Gasteiger partial charge in [-0.15, -0.1) is 0 Å². The first-order chi connectivity index (χ1) is 9.08. The predicted molar refractivity (Wildman–Crippen MR) is 73.0 cm³/mol. The molecule has 1 rings (SSSR count). The number of Topliss-reactive ketones (excluding diaryl/α,β-unsaturated/α-hetero) is 1. The van der Waals surface area contributed by atoms with Crippen LogP contribution >= 0.6 is 0 Å². The van der Waals surface area contributed by atoms with E-state index in [9.17, 15) is 13.6 Å². The van der Waals surface area contributed by atoms with Crippen molar-refractivity contribution < 1.29 is 13.6 Å². The number of benzene rings is 1. The Bertz CT molecular complexity index is 395. The highest BCUT2D eigenvalue weighted by Crippen LogP contribution is 2.20. The molecule has 106 valence electrons. The van der Waals surface area contributed by atoms with Crippen molar-refractivity contribution in [3.05, 3.63) is 35.4 Å². The molecule has 1 aromatic rings. The van der Waals surface area contributed by atoms with Crippen molar-refractivity contribution in [3.8, 4) is 0 Å². The number of hydrogen-bond acceptors (Lipinski definition) is 1. The Morgan fingerprint density at radius 2 is 1.84 bits per heavy atom. The highest BCUT2D eigenvalue weighted by Gasteiger charge is 2.16. The molecule has 1 nitrogen and oxygen atoms in total. The molecule has 3 heteroatoms. The van der Waals surface area contributed by atoms with Gasteiger partial charge in [0.2, 0.25) is 0 Å². The van der Waals surface area contributed by atoms with E-state index in [1.165, 1.54) is 18.2 Å². The second-order valence-corrected chi connectivity index (χ2v) is 5.04. The van der Waals surface area contributed by atoms with Gasteiger partial charge in [-0.05, 0) is 18.1 Å². The molecule has 0 bridgehead atoms. The average Bonchev–Trinajstić information content (AvgIpc) is 2.39. The minimum atomic E-state index is -0.630. The number of hydrogen-bond donors (Lipinski definition) is 0. The fourth-order valence-electron chi connectivity index (χ4n) is 2.24. The van der Waals surface area contributed by atoms with Crippen molar-refractivity contribution in [2.24, 2.45) is 5.92 Å². The molecule has 1 unspecified atom stereocenters. The highest BCUT2D eigenvalue weighted by atomic mass is 19.1. The maximum absolute atomic E-state index is 13.4. The molecule has 0 aliphatic carbocycles. The van der Waals surface area contributed by atoms with Crippen LogP contribution in [-0.2, 0) is 11.2 Å². The Kier molecular flexibility index (Phi) is 6.68. The zero-order chi connectivity index (χ0) is 14.3. The first-order valence-electron chi connectivity index (χ1n) is 7.03. The first kappa shape index (κ1) is 15.8. The summed E-state index contributed by atoms with van der Waals surface area (Å²) < 4.78 is 26.9. The number of ketones is 1. The van der Waals surface area contributed by atoms with Crippen LogP contribution < -0.4 is 0 Å². The molecule has 0 saturated carbocycles. The van der Waals surface area contributed by atoms with Gasteiger partial charge in [-0.25, -0.2) is 8.78 Å². The van der Waals surface area contributed by atoms with Crippen LogP contribution in [0.1, 0.15) is 51.5 Å². The van der Waals surface area contributed by atoms with Crippen molar-refractivity contribution >= 4 is 5.78 Å². The molecule has 1 atom stereocenters. The lowest BCUT2D eigenvalue weighted by Gasteiger charge is -2.13. The molecule has 0 saturated heterocycles. The van der Waals surface area contributed by atoms with E-state index in [-0.39, 0.29) is 17.8 Å². The van der Waals surface area contributed by atoms with Gasteiger partial charge >= 0.3 is 0 Å². The Morgan fingerprint density at radius 1 is 1.21 bits per heavy atom. The molecular weight excluding hydrogens is 246 g/mol. The summed E-state index contributed by atoms with van der Waals surface area (Å²) >= 11 is 0. The third kappa shape index (κ3) is 5.09. The lowest BCUT2D eigenvalue weighted by Crippen LogP contribution is -2.12. The zero-order valence-corrected chi connectivity index (χ0v) is 11.7. The predicted octanol–water partition coefficient (Wildman–Crippen LogP) is 4.68. The summed E-state index contributed by atoms with van der Waals surface area (Å²) in [6.45, 7) is 4.17. The fourth-order valence-corrected chi connectivity index (χ4v) is 2.24. The number of halogens is 2. The quantitative estimate of drug-likeness (QED) is 0.669. The van der Waals surface area contributed by atoms with Crippen molar-refractivity contribution in [3.63, 3.8) is 0 Å². The van der Waals surface area contributed by atoms with E-state index in [1.807, 2.05) is 0 Å². The Labute approximate surface area is 114 Å². The third-order valence-electron chi connectivity index (χ3n) is 3.50. The van der Waals surface area contributed by atoms with E-state index in [1.54, 1.807) is 0 Å². The van der Waals surface area contributed by atoms with Crippen LogP contribution in [0.5, 0.6) is 0 Å². The van der Waals surface area contributed by atoms with E-state index >= 15 is 0 Å². The van der Waals surface area contributed by atoms with E-state index in [0.717, 1.165) is 25.7 Å². The van der Waals surface area contributed by atoms with Crippen molar-refractivity contribution in [1.82, 2.24) is 0 Å². The minimum Gasteiger partial charge on any atom is -0.299 e. The maximum atomic E-state index is 13.4. The van der Waals surface area contributed by atoms with Gasteiger partial charge in [-0.3, -0.25) is 4.79 Å². The van der Waals surface area contributed by atoms with Gasteiger partial charge in [0, 0.05) is 18.4 Å². The Morgan fingerprint density at radius 3 is 2.37 bits per heavy atom. The maximum Gasteiger partial charge on any atom is 0.137 e.